The summed E-state index contributed by atoms with van der Waals surface area (Å²) in [5.41, 5.74) is 0. The van der Waals surface area contributed by atoms with Gasteiger partial charge in [-0.15, -0.1) is 0 Å². The Kier molecular flexibility index (Phi) is 5.42. The van der Waals surface area contributed by atoms with Crippen molar-refractivity contribution in [2.45, 2.75) is 12.8 Å². The Balaban J connectivity index is 2.16. The number of anilines is 1. The number of ether oxygens (including phenoxy) is 1. The van der Waals surface area contributed by atoms with Crippen molar-refractivity contribution in [3.05, 3.63) is 18.6 Å². The van der Waals surface area contributed by atoms with Crippen LogP contribution in [0, 0.1) is 0 Å². The largest absolute Gasteiger partial charge is 0.469 e. The van der Waals surface area contributed by atoms with Gasteiger partial charge in [0.05, 0.1) is 13.3 Å². The van der Waals surface area contributed by atoms with Gasteiger partial charge in [-0.2, -0.15) is 0 Å². The van der Waals surface area contributed by atoms with Crippen LogP contribution in [0.1, 0.15) is 12.8 Å². The van der Waals surface area contributed by atoms with Gasteiger partial charge < -0.3 is 10.1 Å². The van der Waals surface area contributed by atoms with Crippen LogP contribution in [-0.4, -0.2) is 35.6 Å². The Hall–Kier alpha value is -2.18. The summed E-state index contributed by atoms with van der Waals surface area (Å²) >= 11 is 0. The second kappa shape index (κ2) is 7.15. The van der Waals surface area contributed by atoms with Crippen LogP contribution < -0.4 is 10.6 Å². The van der Waals surface area contributed by atoms with Gasteiger partial charge in [0.2, 0.25) is 0 Å². The van der Waals surface area contributed by atoms with Crippen LogP contribution in [0.25, 0.3) is 0 Å². The lowest BCUT2D eigenvalue weighted by molar-refractivity contribution is -0.140. The maximum atomic E-state index is 11.3. The van der Waals surface area contributed by atoms with Gasteiger partial charge in [-0.05, 0) is 6.42 Å². The molecule has 0 aromatic carbocycles. The molecule has 1 aromatic heterocycles. The first-order chi connectivity index (χ1) is 8.22. The van der Waals surface area contributed by atoms with Crippen LogP contribution in [0.5, 0.6) is 0 Å². The first kappa shape index (κ1) is 12.9. The van der Waals surface area contributed by atoms with Gasteiger partial charge >= 0.3 is 12.0 Å². The maximum absolute atomic E-state index is 11.3. The van der Waals surface area contributed by atoms with E-state index in [-0.39, 0.29) is 18.4 Å². The summed E-state index contributed by atoms with van der Waals surface area (Å²) in [5, 5.41) is 5.09. The molecule has 0 aliphatic carbocycles. The van der Waals surface area contributed by atoms with Gasteiger partial charge in [-0.25, -0.2) is 9.78 Å². The fourth-order valence-corrected chi connectivity index (χ4v) is 1.06. The zero-order valence-corrected chi connectivity index (χ0v) is 9.47. The molecule has 0 bridgehead atoms. The van der Waals surface area contributed by atoms with Crippen LogP contribution in [-0.2, 0) is 9.53 Å². The van der Waals surface area contributed by atoms with E-state index in [9.17, 15) is 9.59 Å². The molecule has 1 heterocycles. The lowest BCUT2D eigenvalue weighted by atomic mass is 10.3. The van der Waals surface area contributed by atoms with E-state index in [1.807, 2.05) is 0 Å². The lowest BCUT2D eigenvalue weighted by Crippen LogP contribution is -2.30. The van der Waals surface area contributed by atoms with Gasteiger partial charge in [0.15, 0.2) is 5.82 Å². The smallest absolute Gasteiger partial charge is 0.320 e. The minimum absolute atomic E-state index is 0.280. The molecule has 17 heavy (non-hydrogen) atoms. The van der Waals surface area contributed by atoms with Crippen molar-refractivity contribution in [2.24, 2.45) is 0 Å². The first-order valence-electron chi connectivity index (χ1n) is 5.10. The number of nitrogens with zero attached hydrogens (tertiary/aromatic N) is 2. The van der Waals surface area contributed by atoms with Gasteiger partial charge in [-0.3, -0.25) is 15.1 Å². The highest BCUT2D eigenvalue weighted by atomic mass is 16.5. The van der Waals surface area contributed by atoms with Gasteiger partial charge in [0.1, 0.15) is 0 Å². The molecule has 2 amide bonds. The number of amides is 2. The second-order valence-corrected chi connectivity index (χ2v) is 3.15. The van der Waals surface area contributed by atoms with E-state index >= 15 is 0 Å². The van der Waals surface area contributed by atoms with E-state index in [1.54, 1.807) is 0 Å². The summed E-state index contributed by atoms with van der Waals surface area (Å²) in [6, 6.07) is -0.379. The third-order valence-corrected chi connectivity index (χ3v) is 1.88. The minimum Gasteiger partial charge on any atom is -0.469 e. The molecule has 0 radical (unpaired) electrons. The van der Waals surface area contributed by atoms with Crippen molar-refractivity contribution in [1.29, 1.82) is 0 Å². The Morgan fingerprint density at radius 1 is 1.41 bits per heavy atom. The van der Waals surface area contributed by atoms with E-state index in [4.69, 9.17) is 0 Å². The monoisotopic (exact) mass is 238 g/mol. The first-order valence-corrected chi connectivity index (χ1v) is 5.10. The number of methoxy groups -OCH3 is 1. The summed E-state index contributed by atoms with van der Waals surface area (Å²) in [4.78, 5) is 29.8. The lowest BCUT2D eigenvalue weighted by Gasteiger charge is -2.05. The highest BCUT2D eigenvalue weighted by Crippen LogP contribution is 1.96. The summed E-state index contributed by atoms with van der Waals surface area (Å²) in [6.07, 6.45) is 5.24. The molecule has 2 N–H and O–H groups in total. The average Bonchev–Trinajstić information content (AvgIpc) is 2.35. The number of urea groups is 1. The van der Waals surface area contributed by atoms with Gasteiger partial charge in [0, 0.05) is 25.4 Å². The average molecular weight is 238 g/mol. The van der Waals surface area contributed by atoms with Crippen molar-refractivity contribution in [1.82, 2.24) is 15.3 Å². The Morgan fingerprint density at radius 3 is 2.88 bits per heavy atom. The molecule has 0 saturated carbocycles. The Bertz CT molecular complexity index is 369. The third kappa shape index (κ3) is 5.45. The highest BCUT2D eigenvalue weighted by Gasteiger charge is 2.03. The van der Waals surface area contributed by atoms with Crippen LogP contribution in [0.2, 0.25) is 0 Å². The van der Waals surface area contributed by atoms with E-state index in [0.717, 1.165) is 0 Å². The normalized spacial score (nSPS) is 9.47. The minimum atomic E-state index is -0.379. The summed E-state index contributed by atoms with van der Waals surface area (Å²) in [6.45, 7) is 0.390. The molecular weight excluding hydrogens is 224 g/mol. The number of esters is 1. The summed E-state index contributed by atoms with van der Waals surface area (Å²) in [7, 11) is 1.33. The molecule has 0 atom stereocenters. The Morgan fingerprint density at radius 2 is 2.24 bits per heavy atom. The maximum Gasteiger partial charge on any atom is 0.320 e. The number of carbonyl (C=O) groups excluding carboxylic acids is 2. The van der Waals surface area contributed by atoms with Crippen LogP contribution in [0.4, 0.5) is 10.6 Å². The molecule has 0 saturated heterocycles. The van der Waals surface area contributed by atoms with Crippen molar-refractivity contribution >= 4 is 17.8 Å². The molecule has 7 heteroatoms. The summed E-state index contributed by atoms with van der Waals surface area (Å²) < 4.78 is 4.47. The fraction of sp³-hybridized carbons (Fsp3) is 0.400. The molecule has 0 aliphatic rings. The van der Waals surface area contributed by atoms with Crippen molar-refractivity contribution in [3.8, 4) is 0 Å². The molecule has 1 rings (SSSR count). The zero-order valence-electron chi connectivity index (χ0n) is 9.47. The third-order valence-electron chi connectivity index (χ3n) is 1.88. The van der Waals surface area contributed by atoms with E-state index in [0.29, 0.717) is 18.8 Å². The van der Waals surface area contributed by atoms with Crippen LogP contribution >= 0.6 is 0 Å². The topological polar surface area (TPSA) is 93.2 Å². The quantitative estimate of drug-likeness (QED) is 0.577. The van der Waals surface area contributed by atoms with E-state index in [1.165, 1.54) is 25.7 Å². The predicted molar refractivity (Wildman–Crippen MR) is 60.3 cm³/mol. The number of nitrogens with one attached hydrogen (secondary N) is 2. The molecule has 7 nitrogen and oxygen atoms in total. The van der Waals surface area contributed by atoms with Crippen molar-refractivity contribution < 1.29 is 14.3 Å². The molecule has 0 unspecified atom stereocenters. The molecule has 1 aromatic rings. The molecule has 0 aliphatic heterocycles. The predicted octanol–water partition coefficient (Wildman–Crippen LogP) is 0.551. The van der Waals surface area contributed by atoms with Gasteiger partial charge in [-0.1, -0.05) is 0 Å². The zero-order chi connectivity index (χ0) is 12.5. The van der Waals surface area contributed by atoms with Crippen LogP contribution in [0.3, 0.4) is 0 Å². The molecular formula is C10H14N4O3. The SMILES string of the molecule is COC(=O)CCCNC(=O)Nc1cnccn1. The number of hydrogen-bond acceptors (Lipinski definition) is 5. The summed E-state index contributed by atoms with van der Waals surface area (Å²) in [5.74, 6) is 0.0825. The number of aromatic nitrogens is 2. The van der Waals surface area contributed by atoms with Gasteiger partial charge in [0.25, 0.3) is 0 Å². The Labute approximate surface area is 98.6 Å². The van der Waals surface area contributed by atoms with E-state index in [2.05, 4.69) is 25.3 Å². The number of hydrogen-bond donors (Lipinski definition) is 2. The standard InChI is InChI=1S/C10H14N4O3/c1-17-9(15)3-2-4-13-10(16)14-8-7-11-5-6-12-8/h5-7H,2-4H2,1H3,(H2,12,13,14,16). The molecule has 0 fully saturated rings. The van der Waals surface area contributed by atoms with E-state index < -0.39 is 0 Å². The molecule has 92 valence electrons. The number of carbonyl (C=O) groups is 2. The molecule has 0 spiro atoms. The van der Waals surface area contributed by atoms with Crippen molar-refractivity contribution in [3.63, 3.8) is 0 Å². The number of rotatable bonds is 5. The van der Waals surface area contributed by atoms with Crippen molar-refractivity contribution in [2.75, 3.05) is 19.0 Å². The van der Waals surface area contributed by atoms with Crippen LogP contribution in [0.15, 0.2) is 18.6 Å². The highest BCUT2D eigenvalue weighted by molar-refractivity contribution is 5.87. The fourth-order valence-electron chi connectivity index (χ4n) is 1.06. The second-order valence-electron chi connectivity index (χ2n) is 3.15.